The third-order valence-electron chi connectivity index (χ3n) is 3.13. The van der Waals surface area contributed by atoms with Gasteiger partial charge in [0.1, 0.15) is 10.3 Å². The van der Waals surface area contributed by atoms with Crippen LogP contribution in [0.15, 0.2) is 57.7 Å². The summed E-state index contributed by atoms with van der Waals surface area (Å²) < 4.78 is 0.701. The second-order valence-electron chi connectivity index (χ2n) is 4.59. The van der Waals surface area contributed by atoms with Crippen molar-refractivity contribution in [3.63, 3.8) is 0 Å². The van der Waals surface area contributed by atoms with E-state index in [-0.39, 0.29) is 12.3 Å². The summed E-state index contributed by atoms with van der Waals surface area (Å²) in [4.78, 5) is 21.8. The highest BCUT2D eigenvalue weighted by Gasteiger charge is 2.35. The Morgan fingerprint density at radius 2 is 2.17 bits per heavy atom. The third-order valence-corrected chi connectivity index (χ3v) is 3.60. The molecule has 2 aromatic rings. The largest absolute Gasteiger partial charge is 0.410 e. The molecule has 0 bridgehead atoms. The zero-order valence-corrected chi connectivity index (χ0v) is 13.3. The zero-order chi connectivity index (χ0) is 16.2. The van der Waals surface area contributed by atoms with Crippen LogP contribution in [0.3, 0.4) is 0 Å². The molecular weight excluding hydrogens is 364 g/mol. The van der Waals surface area contributed by atoms with Crippen LogP contribution < -0.4 is 10.3 Å². The van der Waals surface area contributed by atoms with Crippen LogP contribution in [0.5, 0.6) is 0 Å². The molecule has 1 aliphatic rings. The molecule has 1 fully saturated rings. The van der Waals surface area contributed by atoms with Gasteiger partial charge in [0, 0.05) is 6.20 Å². The maximum atomic E-state index is 12.3. The molecule has 0 radical (unpaired) electrons. The van der Waals surface area contributed by atoms with Crippen molar-refractivity contribution >= 4 is 44.6 Å². The van der Waals surface area contributed by atoms with Gasteiger partial charge >= 0.3 is 0 Å². The second-order valence-corrected chi connectivity index (χ2v) is 5.40. The standard InChI is InChI=1S/C14H11BrN6O2/c15-12-4-3-9(6-17-12)18-19-11-8-21(14(22)13(11)20-23)10-2-1-5-16-7-10/h1-7,18,23H,8H2/b19-11-,20-13-. The molecule has 2 N–H and O–H groups in total. The monoisotopic (exact) mass is 374 g/mol. The van der Waals surface area contributed by atoms with Crippen LogP contribution in [0.4, 0.5) is 11.4 Å². The third kappa shape index (κ3) is 3.19. The van der Waals surface area contributed by atoms with Gasteiger partial charge in [-0.15, -0.1) is 0 Å². The predicted molar refractivity (Wildman–Crippen MR) is 88.8 cm³/mol. The molecule has 3 rings (SSSR count). The van der Waals surface area contributed by atoms with Crippen molar-refractivity contribution in [3.05, 3.63) is 47.5 Å². The Balaban J connectivity index is 1.83. The lowest BCUT2D eigenvalue weighted by molar-refractivity contribution is -0.112. The zero-order valence-electron chi connectivity index (χ0n) is 11.7. The molecule has 23 heavy (non-hydrogen) atoms. The number of hydrogen-bond acceptors (Lipinski definition) is 7. The van der Waals surface area contributed by atoms with Crippen molar-refractivity contribution in [2.45, 2.75) is 0 Å². The lowest BCUT2D eigenvalue weighted by atomic mass is 10.3. The highest BCUT2D eigenvalue weighted by molar-refractivity contribution is 9.10. The van der Waals surface area contributed by atoms with Crippen molar-refractivity contribution in [3.8, 4) is 0 Å². The van der Waals surface area contributed by atoms with Gasteiger partial charge in [-0.25, -0.2) is 4.98 Å². The maximum Gasteiger partial charge on any atom is 0.282 e. The quantitative estimate of drug-likeness (QED) is 0.485. The molecule has 1 aliphatic heterocycles. The number of oxime groups is 1. The van der Waals surface area contributed by atoms with Gasteiger partial charge in [-0.3, -0.25) is 20.1 Å². The van der Waals surface area contributed by atoms with Crippen molar-refractivity contribution in [2.75, 3.05) is 16.9 Å². The fourth-order valence-corrected chi connectivity index (χ4v) is 2.27. The van der Waals surface area contributed by atoms with E-state index in [0.717, 1.165) is 0 Å². The number of nitrogens with one attached hydrogen (secondary N) is 1. The van der Waals surface area contributed by atoms with E-state index in [0.29, 0.717) is 21.7 Å². The van der Waals surface area contributed by atoms with Gasteiger partial charge in [0.25, 0.3) is 5.91 Å². The van der Waals surface area contributed by atoms with Gasteiger partial charge in [-0.2, -0.15) is 5.10 Å². The molecule has 0 aromatic carbocycles. The van der Waals surface area contributed by atoms with Crippen molar-refractivity contribution < 1.29 is 10.0 Å². The van der Waals surface area contributed by atoms with E-state index in [4.69, 9.17) is 5.21 Å². The average Bonchev–Trinajstić information content (AvgIpc) is 2.91. The van der Waals surface area contributed by atoms with E-state index in [2.05, 4.69) is 41.6 Å². The van der Waals surface area contributed by atoms with Gasteiger partial charge in [0.2, 0.25) is 0 Å². The summed E-state index contributed by atoms with van der Waals surface area (Å²) in [5, 5.41) is 16.3. The summed E-state index contributed by atoms with van der Waals surface area (Å²) in [5.41, 5.74) is 4.26. The molecule has 0 unspecified atom stereocenters. The molecular formula is C14H11BrN6O2. The molecule has 0 saturated carbocycles. The Bertz CT molecular complexity index is 776. The van der Waals surface area contributed by atoms with E-state index in [9.17, 15) is 4.79 Å². The molecule has 1 saturated heterocycles. The fraction of sp³-hybridized carbons (Fsp3) is 0.0714. The van der Waals surface area contributed by atoms with Crippen LogP contribution in [0, 0.1) is 0 Å². The van der Waals surface area contributed by atoms with E-state index in [1.54, 1.807) is 42.9 Å². The minimum Gasteiger partial charge on any atom is -0.410 e. The number of hydrogen-bond donors (Lipinski definition) is 2. The van der Waals surface area contributed by atoms with Crippen LogP contribution in [0.2, 0.25) is 0 Å². The van der Waals surface area contributed by atoms with Crippen LogP contribution in [-0.2, 0) is 4.79 Å². The number of rotatable bonds is 3. The number of aromatic nitrogens is 2. The first-order valence-electron chi connectivity index (χ1n) is 6.57. The van der Waals surface area contributed by atoms with Gasteiger partial charge < -0.3 is 5.21 Å². The lowest BCUT2D eigenvalue weighted by Crippen LogP contribution is -2.27. The normalized spacial score (nSPS) is 18.0. The topological polar surface area (TPSA) is 103 Å². The summed E-state index contributed by atoms with van der Waals surface area (Å²) in [7, 11) is 0. The first-order valence-corrected chi connectivity index (χ1v) is 7.37. The number of hydrazone groups is 1. The van der Waals surface area contributed by atoms with E-state index < -0.39 is 5.91 Å². The first-order chi connectivity index (χ1) is 11.2. The summed E-state index contributed by atoms with van der Waals surface area (Å²) >= 11 is 3.24. The molecule has 0 spiro atoms. The summed E-state index contributed by atoms with van der Waals surface area (Å²) in [6.07, 6.45) is 4.75. The van der Waals surface area contributed by atoms with Gasteiger partial charge in [0.05, 0.1) is 30.3 Å². The minimum atomic E-state index is -0.435. The number of halogens is 1. The number of amides is 1. The molecule has 8 nitrogen and oxygen atoms in total. The Morgan fingerprint density at radius 3 is 2.83 bits per heavy atom. The Kier molecular flexibility index (Phi) is 4.29. The highest BCUT2D eigenvalue weighted by Crippen LogP contribution is 2.18. The Morgan fingerprint density at radius 1 is 1.30 bits per heavy atom. The predicted octanol–water partition coefficient (Wildman–Crippen LogP) is 1.88. The molecule has 2 aromatic heterocycles. The van der Waals surface area contributed by atoms with Gasteiger partial charge in [0.15, 0.2) is 5.71 Å². The molecule has 0 atom stereocenters. The van der Waals surface area contributed by atoms with Gasteiger partial charge in [-0.1, -0.05) is 5.16 Å². The molecule has 9 heteroatoms. The number of anilines is 2. The number of pyridine rings is 2. The lowest BCUT2D eigenvalue weighted by Gasteiger charge is -2.12. The minimum absolute atomic E-state index is 0.105. The fourth-order valence-electron chi connectivity index (χ4n) is 2.03. The summed E-state index contributed by atoms with van der Waals surface area (Å²) in [5.74, 6) is -0.435. The summed E-state index contributed by atoms with van der Waals surface area (Å²) in [6, 6.07) is 6.99. The van der Waals surface area contributed by atoms with E-state index in [1.165, 1.54) is 4.90 Å². The SMILES string of the molecule is O=C1C(=N\O)/C(=N\Nc2ccc(Br)nc2)CN1c1cccnc1. The van der Waals surface area contributed by atoms with Crippen molar-refractivity contribution in [1.29, 1.82) is 0 Å². The number of carbonyl (C=O) groups is 1. The number of nitrogens with zero attached hydrogens (tertiary/aromatic N) is 5. The van der Waals surface area contributed by atoms with Crippen LogP contribution >= 0.6 is 15.9 Å². The second kappa shape index (κ2) is 6.53. The average molecular weight is 375 g/mol. The Labute approximate surface area is 139 Å². The molecule has 116 valence electrons. The van der Waals surface area contributed by atoms with Crippen LogP contribution in [0.25, 0.3) is 0 Å². The smallest absolute Gasteiger partial charge is 0.282 e. The van der Waals surface area contributed by atoms with Crippen molar-refractivity contribution in [2.24, 2.45) is 10.3 Å². The molecule has 0 aliphatic carbocycles. The number of carbonyl (C=O) groups excluding carboxylic acids is 1. The maximum absolute atomic E-state index is 12.3. The van der Waals surface area contributed by atoms with E-state index >= 15 is 0 Å². The van der Waals surface area contributed by atoms with Crippen LogP contribution in [0.1, 0.15) is 0 Å². The first kappa shape index (κ1) is 15.1. The van der Waals surface area contributed by atoms with Gasteiger partial charge in [-0.05, 0) is 40.2 Å². The van der Waals surface area contributed by atoms with E-state index in [1.807, 2.05) is 0 Å². The molecule has 3 heterocycles. The van der Waals surface area contributed by atoms with Crippen molar-refractivity contribution in [1.82, 2.24) is 9.97 Å². The Hall–Kier alpha value is -2.81. The highest BCUT2D eigenvalue weighted by atomic mass is 79.9. The molecule has 1 amide bonds. The van der Waals surface area contributed by atoms with Crippen LogP contribution in [-0.4, -0.2) is 39.1 Å². The summed E-state index contributed by atoms with van der Waals surface area (Å²) in [6.45, 7) is 0.181.